The molecule has 1 heterocycles. The SMILES string of the molecule is O=C(NCc1nc(C2CC2)no1)C1(c2ccc(Br)cc2)CCCCC1. The van der Waals surface area contributed by atoms with E-state index in [1.54, 1.807) is 0 Å². The van der Waals surface area contributed by atoms with Gasteiger partial charge in [-0.15, -0.1) is 0 Å². The average molecular weight is 404 g/mol. The van der Waals surface area contributed by atoms with Gasteiger partial charge in [-0.05, 0) is 43.4 Å². The molecule has 1 aromatic carbocycles. The van der Waals surface area contributed by atoms with E-state index in [0.717, 1.165) is 54.4 Å². The first-order valence-corrected chi connectivity index (χ1v) is 9.83. The molecular weight excluding hydrogens is 382 g/mol. The van der Waals surface area contributed by atoms with Gasteiger partial charge in [0.1, 0.15) is 0 Å². The lowest BCUT2D eigenvalue weighted by Gasteiger charge is -2.36. The normalized spacial score (nSPS) is 19.6. The van der Waals surface area contributed by atoms with Crippen molar-refractivity contribution in [3.63, 3.8) is 0 Å². The monoisotopic (exact) mass is 403 g/mol. The first-order chi connectivity index (χ1) is 12.2. The number of benzene rings is 1. The van der Waals surface area contributed by atoms with E-state index in [-0.39, 0.29) is 5.91 Å². The molecule has 0 saturated heterocycles. The van der Waals surface area contributed by atoms with Crippen LogP contribution in [-0.2, 0) is 16.8 Å². The summed E-state index contributed by atoms with van der Waals surface area (Å²) in [6.45, 7) is 0.302. The molecule has 2 aromatic rings. The first-order valence-electron chi connectivity index (χ1n) is 9.04. The van der Waals surface area contributed by atoms with Crippen LogP contribution in [0.25, 0.3) is 0 Å². The fourth-order valence-corrected chi connectivity index (χ4v) is 4.01. The second-order valence-corrected chi connectivity index (χ2v) is 8.07. The molecule has 0 bridgehead atoms. The highest BCUT2D eigenvalue weighted by Crippen LogP contribution is 2.40. The minimum atomic E-state index is -0.446. The van der Waals surface area contributed by atoms with E-state index < -0.39 is 5.41 Å². The molecule has 4 rings (SSSR count). The van der Waals surface area contributed by atoms with Crippen molar-refractivity contribution in [2.75, 3.05) is 0 Å². The molecule has 0 unspecified atom stereocenters. The van der Waals surface area contributed by atoms with Gasteiger partial charge in [0.25, 0.3) is 0 Å². The summed E-state index contributed by atoms with van der Waals surface area (Å²) in [6.07, 6.45) is 7.40. The number of hydrogen-bond donors (Lipinski definition) is 1. The summed E-state index contributed by atoms with van der Waals surface area (Å²) < 4.78 is 6.30. The van der Waals surface area contributed by atoms with Crippen molar-refractivity contribution in [1.29, 1.82) is 0 Å². The van der Waals surface area contributed by atoms with Crippen molar-refractivity contribution < 1.29 is 9.32 Å². The van der Waals surface area contributed by atoms with Gasteiger partial charge in [0, 0.05) is 10.4 Å². The van der Waals surface area contributed by atoms with Gasteiger partial charge in [0.2, 0.25) is 11.8 Å². The van der Waals surface area contributed by atoms with E-state index in [4.69, 9.17) is 4.52 Å². The lowest BCUT2D eigenvalue weighted by Crippen LogP contribution is -2.45. The average Bonchev–Trinajstić information content (AvgIpc) is 3.39. The lowest BCUT2D eigenvalue weighted by molar-refractivity contribution is -0.128. The zero-order chi connectivity index (χ0) is 17.3. The van der Waals surface area contributed by atoms with Gasteiger partial charge >= 0.3 is 0 Å². The predicted octanol–water partition coefficient (Wildman–Crippen LogP) is 4.23. The van der Waals surface area contributed by atoms with Crippen LogP contribution in [0, 0.1) is 0 Å². The van der Waals surface area contributed by atoms with Gasteiger partial charge in [-0.2, -0.15) is 4.98 Å². The van der Waals surface area contributed by atoms with Crippen molar-refractivity contribution in [3.8, 4) is 0 Å². The Balaban J connectivity index is 1.49. The molecule has 1 N–H and O–H groups in total. The maximum atomic E-state index is 13.1. The Kier molecular flexibility index (Phi) is 4.63. The van der Waals surface area contributed by atoms with Gasteiger partial charge in [0.05, 0.1) is 12.0 Å². The molecule has 1 aromatic heterocycles. The second-order valence-electron chi connectivity index (χ2n) is 7.15. The predicted molar refractivity (Wildman–Crippen MR) is 97.0 cm³/mol. The number of aromatic nitrogens is 2. The van der Waals surface area contributed by atoms with Crippen LogP contribution >= 0.6 is 15.9 Å². The Morgan fingerprint density at radius 2 is 1.92 bits per heavy atom. The van der Waals surface area contributed by atoms with Crippen molar-refractivity contribution in [3.05, 3.63) is 46.0 Å². The Hall–Kier alpha value is -1.69. The number of hydrogen-bond acceptors (Lipinski definition) is 4. The minimum Gasteiger partial charge on any atom is -0.346 e. The highest BCUT2D eigenvalue weighted by molar-refractivity contribution is 9.10. The Labute approximate surface area is 155 Å². The highest BCUT2D eigenvalue weighted by Gasteiger charge is 2.41. The topological polar surface area (TPSA) is 68.0 Å². The molecule has 25 heavy (non-hydrogen) atoms. The van der Waals surface area contributed by atoms with Gasteiger partial charge < -0.3 is 9.84 Å². The molecule has 2 aliphatic carbocycles. The molecule has 0 radical (unpaired) electrons. The molecule has 2 saturated carbocycles. The largest absolute Gasteiger partial charge is 0.346 e. The third-order valence-electron chi connectivity index (χ3n) is 5.37. The van der Waals surface area contributed by atoms with Crippen LogP contribution in [-0.4, -0.2) is 16.0 Å². The van der Waals surface area contributed by atoms with Gasteiger partial charge in [0.15, 0.2) is 5.82 Å². The maximum Gasteiger partial charge on any atom is 0.246 e. The van der Waals surface area contributed by atoms with Crippen LogP contribution in [0.4, 0.5) is 0 Å². The Bertz CT molecular complexity index is 746. The van der Waals surface area contributed by atoms with E-state index in [2.05, 4.69) is 43.5 Å². The lowest BCUT2D eigenvalue weighted by atomic mass is 9.68. The fraction of sp³-hybridized carbons (Fsp3) is 0.526. The highest BCUT2D eigenvalue weighted by atomic mass is 79.9. The quantitative estimate of drug-likeness (QED) is 0.810. The third kappa shape index (κ3) is 3.50. The molecule has 1 amide bonds. The van der Waals surface area contributed by atoms with Crippen molar-refractivity contribution >= 4 is 21.8 Å². The van der Waals surface area contributed by atoms with E-state index in [9.17, 15) is 4.79 Å². The molecule has 2 fully saturated rings. The number of halogens is 1. The molecule has 0 atom stereocenters. The number of amides is 1. The fourth-order valence-electron chi connectivity index (χ4n) is 3.74. The second kappa shape index (κ2) is 6.90. The van der Waals surface area contributed by atoms with Crippen LogP contribution in [0.1, 0.15) is 68.1 Å². The zero-order valence-electron chi connectivity index (χ0n) is 14.1. The van der Waals surface area contributed by atoms with Crippen LogP contribution in [0.5, 0.6) is 0 Å². The summed E-state index contributed by atoms with van der Waals surface area (Å²) in [6, 6.07) is 8.15. The minimum absolute atomic E-state index is 0.0701. The smallest absolute Gasteiger partial charge is 0.246 e. The van der Waals surface area contributed by atoms with Crippen LogP contribution in [0.15, 0.2) is 33.3 Å². The number of carbonyl (C=O) groups excluding carboxylic acids is 1. The first kappa shape index (κ1) is 16.8. The number of rotatable bonds is 5. The molecule has 0 spiro atoms. The summed E-state index contributed by atoms with van der Waals surface area (Å²) in [5, 5.41) is 7.06. The molecular formula is C19H22BrN3O2. The van der Waals surface area contributed by atoms with Crippen molar-refractivity contribution in [2.45, 2.75) is 62.8 Å². The molecule has 132 valence electrons. The summed E-state index contributed by atoms with van der Waals surface area (Å²) in [4.78, 5) is 17.5. The standard InChI is InChI=1S/C19H22BrN3O2/c20-15-8-6-14(7-9-15)19(10-2-1-3-11-19)18(24)21-12-16-22-17(23-25-16)13-4-5-13/h6-9,13H,1-5,10-12H2,(H,21,24). The molecule has 0 aliphatic heterocycles. The van der Waals surface area contributed by atoms with E-state index in [1.165, 1.54) is 6.42 Å². The molecule has 6 heteroatoms. The summed E-state index contributed by atoms with van der Waals surface area (Å²) in [5.74, 6) is 1.81. The number of nitrogens with zero attached hydrogens (tertiary/aromatic N) is 2. The Morgan fingerprint density at radius 3 is 2.60 bits per heavy atom. The van der Waals surface area contributed by atoms with Crippen molar-refractivity contribution in [1.82, 2.24) is 15.5 Å². The van der Waals surface area contributed by atoms with Crippen LogP contribution in [0.3, 0.4) is 0 Å². The van der Waals surface area contributed by atoms with Crippen LogP contribution in [0.2, 0.25) is 0 Å². The van der Waals surface area contributed by atoms with E-state index in [0.29, 0.717) is 18.4 Å². The third-order valence-corrected chi connectivity index (χ3v) is 5.89. The number of carbonyl (C=O) groups is 1. The summed E-state index contributed by atoms with van der Waals surface area (Å²) >= 11 is 3.48. The van der Waals surface area contributed by atoms with E-state index in [1.807, 2.05) is 12.1 Å². The van der Waals surface area contributed by atoms with Gasteiger partial charge in [-0.1, -0.05) is 52.5 Å². The summed E-state index contributed by atoms with van der Waals surface area (Å²) in [5.41, 5.74) is 0.648. The van der Waals surface area contributed by atoms with Gasteiger partial charge in [-0.25, -0.2) is 0 Å². The van der Waals surface area contributed by atoms with Crippen molar-refractivity contribution in [2.24, 2.45) is 0 Å². The summed E-state index contributed by atoms with van der Waals surface area (Å²) in [7, 11) is 0. The molecule has 5 nitrogen and oxygen atoms in total. The number of nitrogens with one attached hydrogen (secondary N) is 1. The van der Waals surface area contributed by atoms with Gasteiger partial charge in [-0.3, -0.25) is 4.79 Å². The van der Waals surface area contributed by atoms with E-state index >= 15 is 0 Å². The molecule has 2 aliphatic rings. The van der Waals surface area contributed by atoms with Crippen LogP contribution < -0.4 is 5.32 Å². The maximum absolute atomic E-state index is 13.1. The zero-order valence-corrected chi connectivity index (χ0v) is 15.7. The Morgan fingerprint density at radius 1 is 1.20 bits per heavy atom.